The van der Waals surface area contributed by atoms with Crippen molar-refractivity contribution < 1.29 is 32.4 Å². The molecule has 0 amide bonds. The van der Waals surface area contributed by atoms with E-state index in [4.69, 9.17) is 21.1 Å². The van der Waals surface area contributed by atoms with Crippen LogP contribution in [-0.2, 0) is 16.1 Å². The number of allylic oxidation sites excluding steroid dienone is 1. The highest BCUT2D eigenvalue weighted by Crippen LogP contribution is 2.39. The summed E-state index contributed by atoms with van der Waals surface area (Å²) >= 11 is 10.0. The maximum atomic E-state index is 14.4. The zero-order valence-corrected chi connectivity index (χ0v) is 28.3. The first-order chi connectivity index (χ1) is 23.4. The molecule has 0 spiro atoms. The van der Waals surface area contributed by atoms with Gasteiger partial charge in [0.1, 0.15) is 6.61 Å². The Kier molecular flexibility index (Phi) is 9.47. The van der Waals surface area contributed by atoms with Gasteiger partial charge in [-0.3, -0.25) is 19.5 Å². The Bertz CT molecular complexity index is 2350. The lowest BCUT2D eigenvalue weighted by Gasteiger charge is -2.26. The number of carbonyl (C=O) groups is 1. The average molecular weight is 773 g/mol. The summed E-state index contributed by atoms with van der Waals surface area (Å²) in [6.45, 7) is 1.24. The van der Waals surface area contributed by atoms with E-state index in [2.05, 4.69) is 20.9 Å². The first-order valence-corrected chi connectivity index (χ1v) is 16.5. The maximum absolute atomic E-state index is 14.4. The Labute approximate surface area is 292 Å². The van der Waals surface area contributed by atoms with Crippen LogP contribution in [-0.4, -0.2) is 28.2 Å². The van der Waals surface area contributed by atoms with Gasteiger partial charge in [-0.2, -0.15) is 13.2 Å². The summed E-state index contributed by atoms with van der Waals surface area (Å²) < 4.78 is 55.2. The standard InChI is InChI=1S/C34H22BrClF3N3O6S/c1-2-47-32(44)27-28(20-10-12-22(36)13-11-20)41-31(43)26(49-33(41)40-30(27)34(37,38)39)16-18-14-24(35)29(25(15-18)42(45)46)48-17-21-8-5-7-19-6-3-4-9-23(19)21/h3-16,28H,2,17H2,1H3/b26-16-/t28-/m0/s1. The van der Waals surface area contributed by atoms with E-state index in [9.17, 15) is 32.9 Å². The minimum atomic E-state index is -5.07. The summed E-state index contributed by atoms with van der Waals surface area (Å²) in [5.41, 5.74) is -2.39. The lowest BCUT2D eigenvalue weighted by molar-refractivity contribution is -0.386. The van der Waals surface area contributed by atoms with E-state index in [1.165, 1.54) is 49.4 Å². The molecule has 0 aliphatic carbocycles. The highest BCUT2D eigenvalue weighted by Gasteiger charge is 2.45. The number of benzene rings is 4. The van der Waals surface area contributed by atoms with Gasteiger partial charge in [0.05, 0.1) is 32.2 Å². The number of thiazole rings is 1. The van der Waals surface area contributed by atoms with Gasteiger partial charge in [-0.1, -0.05) is 77.5 Å². The molecule has 250 valence electrons. The molecule has 4 aromatic carbocycles. The molecule has 6 rings (SSSR count). The Morgan fingerprint density at radius 1 is 1.12 bits per heavy atom. The number of rotatable bonds is 8. The molecule has 2 heterocycles. The number of esters is 1. The molecule has 0 unspecified atom stereocenters. The molecule has 9 nitrogen and oxygen atoms in total. The average Bonchev–Trinajstić information content (AvgIpc) is 3.37. The molecule has 0 bridgehead atoms. The van der Waals surface area contributed by atoms with E-state index in [-0.39, 0.29) is 48.9 Å². The van der Waals surface area contributed by atoms with Gasteiger partial charge >= 0.3 is 17.8 Å². The van der Waals surface area contributed by atoms with Crippen LogP contribution < -0.4 is 19.6 Å². The lowest BCUT2D eigenvalue weighted by Crippen LogP contribution is -2.41. The molecule has 5 aromatic rings. The lowest BCUT2D eigenvalue weighted by atomic mass is 9.95. The fourth-order valence-electron chi connectivity index (χ4n) is 5.48. The third kappa shape index (κ3) is 6.76. The molecule has 1 aliphatic rings. The number of hydrogen-bond acceptors (Lipinski definition) is 8. The van der Waals surface area contributed by atoms with Gasteiger partial charge in [-0.25, -0.2) is 9.79 Å². The van der Waals surface area contributed by atoms with E-state index in [0.717, 1.165) is 20.9 Å². The summed E-state index contributed by atoms with van der Waals surface area (Å²) in [6, 6.07) is 20.1. The number of alkyl halides is 3. The van der Waals surface area contributed by atoms with Crippen molar-refractivity contribution in [2.45, 2.75) is 25.7 Å². The maximum Gasteiger partial charge on any atom is 0.434 e. The zero-order chi connectivity index (χ0) is 35.0. The normalized spacial score (nSPS) is 14.8. The monoisotopic (exact) mass is 771 g/mol. The number of nitro groups is 1. The second kappa shape index (κ2) is 13.6. The SMILES string of the molecule is CCOC(=O)C1=C(C(F)(F)F)N=c2s/c(=C\c3cc(Br)c(OCc4cccc5ccccc45)c([N+](=O)[O-])c3)c(=O)n2[C@H]1c1ccc(Cl)cc1. The van der Waals surface area contributed by atoms with Crippen LogP contribution >= 0.6 is 38.9 Å². The van der Waals surface area contributed by atoms with Gasteiger partial charge in [0.2, 0.25) is 5.75 Å². The van der Waals surface area contributed by atoms with Crippen LogP contribution in [0.4, 0.5) is 18.9 Å². The molecule has 1 atom stereocenters. The zero-order valence-electron chi connectivity index (χ0n) is 25.2. The summed E-state index contributed by atoms with van der Waals surface area (Å²) in [5, 5.41) is 14.4. The van der Waals surface area contributed by atoms with E-state index in [1.807, 2.05) is 42.5 Å². The van der Waals surface area contributed by atoms with Crippen molar-refractivity contribution >= 4 is 67.4 Å². The van der Waals surface area contributed by atoms with Crippen molar-refractivity contribution in [3.05, 3.63) is 146 Å². The van der Waals surface area contributed by atoms with Gasteiger partial charge in [0.25, 0.3) is 5.56 Å². The molecule has 1 aliphatic heterocycles. The van der Waals surface area contributed by atoms with E-state index in [0.29, 0.717) is 11.3 Å². The van der Waals surface area contributed by atoms with E-state index < -0.39 is 45.6 Å². The molecule has 15 heteroatoms. The smallest absolute Gasteiger partial charge is 0.434 e. The predicted octanol–water partition coefficient (Wildman–Crippen LogP) is 7.40. The Morgan fingerprint density at radius 2 is 1.84 bits per heavy atom. The molecule has 1 aromatic heterocycles. The van der Waals surface area contributed by atoms with Gasteiger partial charge in [-0.05, 0) is 74.6 Å². The number of halogens is 5. The van der Waals surface area contributed by atoms with Crippen LogP contribution in [0.5, 0.6) is 5.75 Å². The third-order valence-corrected chi connectivity index (χ3v) is 9.40. The predicted molar refractivity (Wildman–Crippen MR) is 181 cm³/mol. The fraction of sp³-hybridized carbons (Fsp3) is 0.147. The molecule has 49 heavy (non-hydrogen) atoms. The van der Waals surface area contributed by atoms with Crippen molar-refractivity contribution in [1.82, 2.24) is 4.57 Å². The number of carbonyl (C=O) groups excluding carboxylic acids is 1. The first kappa shape index (κ1) is 34.1. The highest BCUT2D eigenvalue weighted by molar-refractivity contribution is 9.10. The summed E-state index contributed by atoms with van der Waals surface area (Å²) in [7, 11) is 0. The Hall–Kier alpha value is -4.79. The van der Waals surface area contributed by atoms with Crippen molar-refractivity contribution in [2.75, 3.05) is 6.61 Å². The molecule has 0 saturated heterocycles. The fourth-order valence-corrected chi connectivity index (χ4v) is 7.19. The molecule has 0 N–H and O–H groups in total. The molecular formula is C34H22BrClF3N3O6S. The number of ether oxygens (including phenoxy) is 2. The molecular weight excluding hydrogens is 751 g/mol. The number of hydrogen-bond donors (Lipinski definition) is 0. The minimum Gasteiger partial charge on any atom is -0.481 e. The Morgan fingerprint density at radius 3 is 2.53 bits per heavy atom. The van der Waals surface area contributed by atoms with Gasteiger partial charge in [0.15, 0.2) is 10.5 Å². The third-order valence-electron chi connectivity index (χ3n) is 7.57. The first-order valence-electron chi connectivity index (χ1n) is 14.5. The van der Waals surface area contributed by atoms with E-state index >= 15 is 0 Å². The minimum absolute atomic E-state index is 0.0216. The molecule has 0 saturated carbocycles. The highest BCUT2D eigenvalue weighted by atomic mass is 79.9. The quantitative estimate of drug-likeness (QED) is 0.0924. The van der Waals surface area contributed by atoms with Crippen LogP contribution in [0.3, 0.4) is 0 Å². The van der Waals surface area contributed by atoms with Gasteiger partial charge in [0, 0.05) is 11.1 Å². The molecule has 0 radical (unpaired) electrons. The van der Waals surface area contributed by atoms with Crippen molar-refractivity contribution in [2.24, 2.45) is 4.99 Å². The second-order valence-corrected chi connectivity index (χ2v) is 12.9. The van der Waals surface area contributed by atoms with Crippen LogP contribution in [0.1, 0.15) is 29.7 Å². The number of nitrogens with zero attached hydrogens (tertiary/aromatic N) is 3. The second-order valence-electron chi connectivity index (χ2n) is 10.6. The number of aromatic nitrogens is 1. The van der Waals surface area contributed by atoms with Crippen molar-refractivity contribution in [1.29, 1.82) is 0 Å². The van der Waals surface area contributed by atoms with Crippen LogP contribution in [0.25, 0.3) is 16.8 Å². The topological polar surface area (TPSA) is 113 Å². The summed E-state index contributed by atoms with van der Waals surface area (Å²) in [5.74, 6) is -1.33. The van der Waals surface area contributed by atoms with Gasteiger partial charge < -0.3 is 9.47 Å². The summed E-state index contributed by atoms with van der Waals surface area (Å²) in [6.07, 6.45) is -3.77. The van der Waals surface area contributed by atoms with Crippen LogP contribution in [0.15, 0.2) is 104 Å². The van der Waals surface area contributed by atoms with Crippen molar-refractivity contribution in [3.8, 4) is 5.75 Å². The summed E-state index contributed by atoms with van der Waals surface area (Å²) in [4.78, 5) is 41.9. The largest absolute Gasteiger partial charge is 0.481 e. The van der Waals surface area contributed by atoms with Gasteiger partial charge in [-0.15, -0.1) is 0 Å². The number of nitro benzene ring substituents is 1. The Balaban J connectivity index is 1.47. The van der Waals surface area contributed by atoms with Crippen LogP contribution in [0.2, 0.25) is 5.02 Å². The van der Waals surface area contributed by atoms with Crippen LogP contribution in [0, 0.1) is 10.1 Å². The van der Waals surface area contributed by atoms with E-state index in [1.54, 1.807) is 0 Å². The number of fused-ring (bicyclic) bond motifs is 2. The molecule has 0 fully saturated rings. The van der Waals surface area contributed by atoms with Crippen molar-refractivity contribution in [3.63, 3.8) is 0 Å².